The van der Waals surface area contributed by atoms with E-state index in [-0.39, 0.29) is 0 Å². The average molecular weight is 638 g/mol. The Hall–Kier alpha value is -6.71. The van der Waals surface area contributed by atoms with E-state index in [2.05, 4.69) is 191 Å². The van der Waals surface area contributed by atoms with Crippen molar-refractivity contribution in [1.82, 2.24) is 14.1 Å². The second-order valence-electron chi connectivity index (χ2n) is 12.8. The van der Waals surface area contributed by atoms with Gasteiger partial charge in [-0.05, 0) is 65.7 Å². The Labute approximate surface area is 290 Å². The molecule has 0 aliphatic heterocycles. The highest BCUT2D eigenvalue weighted by Crippen LogP contribution is 2.42. The van der Waals surface area contributed by atoms with Crippen LogP contribution in [0, 0.1) is 0 Å². The number of benzene rings is 7. The van der Waals surface area contributed by atoms with Gasteiger partial charge in [-0.3, -0.25) is 0 Å². The monoisotopic (exact) mass is 637 g/mol. The highest BCUT2D eigenvalue weighted by atomic mass is 15.0. The van der Waals surface area contributed by atoms with E-state index in [1.54, 1.807) is 0 Å². The second kappa shape index (κ2) is 11.5. The lowest BCUT2D eigenvalue weighted by atomic mass is 10.00. The summed E-state index contributed by atoms with van der Waals surface area (Å²) in [6.45, 7) is 0. The first-order chi connectivity index (χ1) is 24.8. The summed E-state index contributed by atoms with van der Waals surface area (Å²) in [5.41, 5.74) is 13.5. The molecule has 0 spiro atoms. The van der Waals surface area contributed by atoms with E-state index < -0.39 is 0 Å². The number of hydrogen-bond acceptors (Lipinski definition) is 1. The van der Waals surface area contributed by atoms with Crippen LogP contribution in [0.15, 0.2) is 188 Å². The van der Waals surface area contributed by atoms with Gasteiger partial charge in [0.05, 0.1) is 33.5 Å². The topological polar surface area (TPSA) is 22.8 Å². The molecule has 3 heteroatoms. The van der Waals surface area contributed by atoms with Crippen molar-refractivity contribution in [3.05, 3.63) is 188 Å². The summed E-state index contributed by atoms with van der Waals surface area (Å²) in [4.78, 5) is 5.19. The highest BCUT2D eigenvalue weighted by Gasteiger charge is 2.20. The lowest BCUT2D eigenvalue weighted by Crippen LogP contribution is -1.96. The Morgan fingerprint density at radius 2 is 0.840 bits per heavy atom. The zero-order valence-corrected chi connectivity index (χ0v) is 27.2. The Balaban J connectivity index is 1.20. The molecular weight excluding hydrogens is 607 g/mol. The molecule has 10 rings (SSSR count). The largest absolute Gasteiger partial charge is 0.309 e. The number of rotatable bonds is 5. The van der Waals surface area contributed by atoms with Crippen molar-refractivity contribution in [1.29, 1.82) is 0 Å². The summed E-state index contributed by atoms with van der Waals surface area (Å²) in [7, 11) is 0. The van der Waals surface area contributed by atoms with Gasteiger partial charge in [0, 0.05) is 44.0 Å². The zero-order valence-electron chi connectivity index (χ0n) is 27.2. The van der Waals surface area contributed by atoms with Gasteiger partial charge in [0.2, 0.25) is 0 Å². The van der Waals surface area contributed by atoms with Crippen molar-refractivity contribution in [2.45, 2.75) is 0 Å². The summed E-state index contributed by atoms with van der Waals surface area (Å²) in [5, 5.41) is 4.99. The fraction of sp³-hybridized carbons (Fsp3) is 0. The van der Waals surface area contributed by atoms with Crippen LogP contribution in [0.3, 0.4) is 0 Å². The van der Waals surface area contributed by atoms with Crippen LogP contribution in [-0.4, -0.2) is 14.1 Å². The molecule has 0 aliphatic rings. The summed E-state index contributed by atoms with van der Waals surface area (Å²) < 4.78 is 4.84. The van der Waals surface area contributed by atoms with Gasteiger partial charge in [0.25, 0.3) is 0 Å². The molecule has 0 aliphatic carbocycles. The van der Waals surface area contributed by atoms with E-state index in [4.69, 9.17) is 4.98 Å². The lowest BCUT2D eigenvalue weighted by Gasteiger charge is -2.12. The minimum atomic E-state index is 0.951. The predicted molar refractivity (Wildman–Crippen MR) is 209 cm³/mol. The number of aromatic nitrogens is 3. The maximum absolute atomic E-state index is 5.19. The van der Waals surface area contributed by atoms with Crippen LogP contribution in [0.5, 0.6) is 0 Å². The van der Waals surface area contributed by atoms with Gasteiger partial charge in [-0.25, -0.2) is 4.98 Å². The number of pyridine rings is 1. The van der Waals surface area contributed by atoms with E-state index in [1.807, 2.05) is 6.07 Å². The minimum Gasteiger partial charge on any atom is -0.309 e. The van der Waals surface area contributed by atoms with Crippen molar-refractivity contribution >= 4 is 43.6 Å². The third-order valence-electron chi connectivity index (χ3n) is 9.91. The molecule has 3 heterocycles. The standard InChI is InChI=1S/C47H31N3/c1-4-14-32(15-5-1)35-30-41(33-16-6-2-7-17-33)48-42(31-35)34-24-26-37(27-25-34)50-43-22-12-10-20-38(43)39-28-29-45-46(47(39)50)40-21-11-13-23-44(40)49(45)36-18-8-3-9-19-36/h1-31H. The molecule has 0 saturated carbocycles. The van der Waals surface area contributed by atoms with Crippen LogP contribution >= 0.6 is 0 Å². The fourth-order valence-electron chi connectivity index (χ4n) is 7.65. The molecule has 50 heavy (non-hydrogen) atoms. The maximum Gasteiger partial charge on any atom is 0.0715 e. The molecule has 0 unspecified atom stereocenters. The zero-order chi connectivity index (χ0) is 33.0. The van der Waals surface area contributed by atoms with E-state index >= 15 is 0 Å². The van der Waals surface area contributed by atoms with Crippen molar-refractivity contribution in [3.8, 4) is 45.0 Å². The number of nitrogens with zero attached hydrogens (tertiary/aromatic N) is 3. The molecule has 0 radical (unpaired) electrons. The molecule has 234 valence electrons. The molecule has 3 aromatic heterocycles. The third kappa shape index (κ3) is 4.48. The Morgan fingerprint density at radius 3 is 1.52 bits per heavy atom. The molecule has 7 aromatic carbocycles. The van der Waals surface area contributed by atoms with Crippen molar-refractivity contribution < 1.29 is 0 Å². The van der Waals surface area contributed by atoms with Crippen LogP contribution in [0.1, 0.15) is 0 Å². The molecular formula is C47H31N3. The Kier molecular flexibility index (Phi) is 6.49. The molecule has 3 nitrogen and oxygen atoms in total. The first kappa shape index (κ1) is 28.3. The third-order valence-corrected chi connectivity index (χ3v) is 9.91. The van der Waals surface area contributed by atoms with Gasteiger partial charge in [0.15, 0.2) is 0 Å². The van der Waals surface area contributed by atoms with Crippen LogP contribution in [0.4, 0.5) is 0 Å². The number of fused-ring (bicyclic) bond motifs is 7. The van der Waals surface area contributed by atoms with Gasteiger partial charge in [-0.15, -0.1) is 0 Å². The SMILES string of the molecule is c1ccc(-c2cc(-c3ccccc3)nc(-c3ccc(-n4c5ccccc5c5ccc6c(c7ccccc7n6-c6ccccc6)c54)cc3)c2)cc1. The molecule has 0 fully saturated rings. The van der Waals surface area contributed by atoms with Gasteiger partial charge >= 0.3 is 0 Å². The maximum atomic E-state index is 5.19. The molecule has 0 atom stereocenters. The van der Waals surface area contributed by atoms with Gasteiger partial charge in [-0.2, -0.15) is 0 Å². The minimum absolute atomic E-state index is 0.951. The van der Waals surface area contributed by atoms with Gasteiger partial charge < -0.3 is 9.13 Å². The van der Waals surface area contributed by atoms with Crippen molar-refractivity contribution in [2.24, 2.45) is 0 Å². The van der Waals surface area contributed by atoms with Crippen LogP contribution < -0.4 is 0 Å². The Bertz CT molecular complexity index is 2770. The quantitative estimate of drug-likeness (QED) is 0.184. The lowest BCUT2D eigenvalue weighted by molar-refractivity contribution is 1.17. The second-order valence-corrected chi connectivity index (χ2v) is 12.8. The van der Waals surface area contributed by atoms with E-state index in [9.17, 15) is 0 Å². The van der Waals surface area contributed by atoms with Crippen molar-refractivity contribution in [3.63, 3.8) is 0 Å². The normalized spacial score (nSPS) is 11.6. The smallest absolute Gasteiger partial charge is 0.0715 e. The predicted octanol–water partition coefficient (Wildman–Crippen LogP) is 12.3. The number of para-hydroxylation sites is 3. The van der Waals surface area contributed by atoms with Gasteiger partial charge in [0.1, 0.15) is 0 Å². The molecule has 0 N–H and O–H groups in total. The molecule has 0 bridgehead atoms. The number of hydrogen-bond donors (Lipinski definition) is 0. The fourth-order valence-corrected chi connectivity index (χ4v) is 7.65. The summed E-state index contributed by atoms with van der Waals surface area (Å²) in [5.74, 6) is 0. The van der Waals surface area contributed by atoms with E-state index in [1.165, 1.54) is 49.2 Å². The Morgan fingerprint density at radius 1 is 0.320 bits per heavy atom. The summed E-state index contributed by atoms with van der Waals surface area (Å²) in [6, 6.07) is 67.1. The first-order valence-electron chi connectivity index (χ1n) is 17.1. The van der Waals surface area contributed by atoms with Crippen LogP contribution in [0.25, 0.3) is 88.6 Å². The highest BCUT2D eigenvalue weighted by molar-refractivity contribution is 6.26. The van der Waals surface area contributed by atoms with Crippen LogP contribution in [0.2, 0.25) is 0 Å². The van der Waals surface area contributed by atoms with Crippen LogP contribution in [-0.2, 0) is 0 Å². The van der Waals surface area contributed by atoms with Crippen molar-refractivity contribution in [2.75, 3.05) is 0 Å². The molecule has 0 saturated heterocycles. The van der Waals surface area contributed by atoms with Gasteiger partial charge in [-0.1, -0.05) is 133 Å². The van der Waals surface area contributed by atoms with E-state index in [0.717, 1.165) is 39.5 Å². The summed E-state index contributed by atoms with van der Waals surface area (Å²) in [6.07, 6.45) is 0. The molecule has 0 amide bonds. The first-order valence-corrected chi connectivity index (χ1v) is 17.1. The average Bonchev–Trinajstić information content (AvgIpc) is 3.72. The summed E-state index contributed by atoms with van der Waals surface area (Å²) >= 11 is 0. The molecule has 10 aromatic rings. The van der Waals surface area contributed by atoms with E-state index in [0.29, 0.717) is 0 Å².